The van der Waals surface area contributed by atoms with Crippen LogP contribution in [-0.4, -0.2) is 7.05 Å². The molecule has 1 aromatic carbocycles. The van der Waals surface area contributed by atoms with Crippen molar-refractivity contribution in [1.29, 1.82) is 0 Å². The molecule has 2 aromatic rings. The predicted molar refractivity (Wildman–Crippen MR) is 67.7 cm³/mol. The van der Waals surface area contributed by atoms with E-state index in [1.54, 1.807) is 0 Å². The lowest BCUT2D eigenvalue weighted by Gasteiger charge is -2.09. The van der Waals surface area contributed by atoms with Gasteiger partial charge in [0.25, 0.3) is 0 Å². The van der Waals surface area contributed by atoms with Crippen LogP contribution in [0.1, 0.15) is 37.6 Å². The summed E-state index contributed by atoms with van der Waals surface area (Å²) in [6.07, 6.45) is 2.11. The number of benzene rings is 1. The van der Waals surface area contributed by atoms with E-state index in [1.165, 1.54) is 10.9 Å². The Hall–Kier alpha value is -1.28. The van der Waals surface area contributed by atoms with Crippen LogP contribution in [-0.2, 0) is 6.42 Å². The molecule has 2 nitrogen and oxygen atoms in total. The Morgan fingerprint density at radius 1 is 1.25 bits per heavy atom. The fourth-order valence-electron chi connectivity index (χ4n) is 2.05. The summed E-state index contributed by atoms with van der Waals surface area (Å²) in [6.45, 7) is 4.33. The van der Waals surface area contributed by atoms with Crippen molar-refractivity contribution in [2.45, 2.75) is 32.7 Å². The molecule has 0 amide bonds. The first-order chi connectivity index (χ1) is 7.78. The SMILES string of the molecule is CCc1ccc2oc(C(CC)NC)cc2c1. The molecule has 0 saturated heterocycles. The van der Waals surface area contributed by atoms with Crippen LogP contribution in [0.15, 0.2) is 28.7 Å². The molecule has 1 heterocycles. The zero-order valence-electron chi connectivity index (χ0n) is 10.2. The summed E-state index contributed by atoms with van der Waals surface area (Å²) in [4.78, 5) is 0. The summed E-state index contributed by atoms with van der Waals surface area (Å²) in [7, 11) is 1.97. The van der Waals surface area contributed by atoms with Gasteiger partial charge in [-0.3, -0.25) is 0 Å². The third-order valence-corrected chi connectivity index (χ3v) is 3.11. The van der Waals surface area contributed by atoms with Crippen LogP contribution in [0.2, 0.25) is 0 Å². The van der Waals surface area contributed by atoms with Crippen molar-refractivity contribution < 1.29 is 4.42 Å². The van der Waals surface area contributed by atoms with Crippen molar-refractivity contribution in [1.82, 2.24) is 5.32 Å². The number of hydrogen-bond donors (Lipinski definition) is 1. The van der Waals surface area contributed by atoms with Gasteiger partial charge in [-0.15, -0.1) is 0 Å². The molecule has 0 bridgehead atoms. The van der Waals surface area contributed by atoms with Gasteiger partial charge in [0.15, 0.2) is 0 Å². The first-order valence-corrected chi connectivity index (χ1v) is 5.98. The van der Waals surface area contributed by atoms with Crippen LogP contribution in [0.5, 0.6) is 0 Å². The monoisotopic (exact) mass is 217 g/mol. The third-order valence-electron chi connectivity index (χ3n) is 3.11. The van der Waals surface area contributed by atoms with E-state index in [2.05, 4.69) is 43.4 Å². The van der Waals surface area contributed by atoms with Gasteiger partial charge in [0.1, 0.15) is 11.3 Å². The molecular formula is C14H19NO. The molecule has 0 fully saturated rings. The second-order valence-corrected chi connectivity index (χ2v) is 4.12. The van der Waals surface area contributed by atoms with Crippen molar-refractivity contribution in [3.8, 4) is 0 Å². The largest absolute Gasteiger partial charge is 0.459 e. The van der Waals surface area contributed by atoms with Gasteiger partial charge in [0.2, 0.25) is 0 Å². The Morgan fingerprint density at radius 3 is 2.69 bits per heavy atom. The van der Waals surface area contributed by atoms with Crippen molar-refractivity contribution in [3.63, 3.8) is 0 Å². The number of fused-ring (bicyclic) bond motifs is 1. The highest BCUT2D eigenvalue weighted by Crippen LogP contribution is 2.26. The van der Waals surface area contributed by atoms with E-state index < -0.39 is 0 Å². The summed E-state index contributed by atoms with van der Waals surface area (Å²) in [5.41, 5.74) is 2.35. The standard InChI is InChI=1S/C14H19NO/c1-4-10-6-7-13-11(8-10)9-14(16-13)12(5-2)15-3/h6-9,12,15H,4-5H2,1-3H3. The molecule has 0 aliphatic rings. The summed E-state index contributed by atoms with van der Waals surface area (Å²) >= 11 is 0. The fraction of sp³-hybridized carbons (Fsp3) is 0.429. The van der Waals surface area contributed by atoms with E-state index in [1.807, 2.05) is 7.05 Å². The Morgan fingerprint density at radius 2 is 2.06 bits per heavy atom. The number of aryl methyl sites for hydroxylation is 1. The van der Waals surface area contributed by atoms with Gasteiger partial charge in [-0.05, 0) is 43.7 Å². The van der Waals surface area contributed by atoms with E-state index in [-0.39, 0.29) is 0 Å². The minimum Gasteiger partial charge on any atom is -0.459 e. The van der Waals surface area contributed by atoms with E-state index in [9.17, 15) is 0 Å². The maximum absolute atomic E-state index is 5.85. The topological polar surface area (TPSA) is 25.2 Å². The van der Waals surface area contributed by atoms with Gasteiger partial charge in [0, 0.05) is 5.39 Å². The van der Waals surface area contributed by atoms with Crippen molar-refractivity contribution in [2.75, 3.05) is 7.05 Å². The average molecular weight is 217 g/mol. The maximum Gasteiger partial charge on any atom is 0.134 e. The molecule has 2 rings (SSSR count). The van der Waals surface area contributed by atoms with Gasteiger partial charge in [-0.2, -0.15) is 0 Å². The number of rotatable bonds is 4. The average Bonchev–Trinajstić information content (AvgIpc) is 2.72. The Kier molecular flexibility index (Phi) is 3.30. The molecule has 0 aliphatic heterocycles. The molecule has 16 heavy (non-hydrogen) atoms. The second-order valence-electron chi connectivity index (χ2n) is 4.12. The van der Waals surface area contributed by atoms with Crippen molar-refractivity contribution in [3.05, 3.63) is 35.6 Å². The van der Waals surface area contributed by atoms with Crippen LogP contribution in [0.3, 0.4) is 0 Å². The van der Waals surface area contributed by atoms with Gasteiger partial charge in [-0.25, -0.2) is 0 Å². The molecule has 0 saturated carbocycles. The molecule has 0 radical (unpaired) electrons. The van der Waals surface area contributed by atoms with E-state index in [0.717, 1.165) is 24.2 Å². The number of furan rings is 1. The van der Waals surface area contributed by atoms with Crippen LogP contribution < -0.4 is 5.32 Å². The summed E-state index contributed by atoms with van der Waals surface area (Å²) in [5.74, 6) is 1.04. The second kappa shape index (κ2) is 4.71. The summed E-state index contributed by atoms with van der Waals surface area (Å²) in [5, 5.41) is 4.47. The number of hydrogen-bond acceptors (Lipinski definition) is 2. The lowest BCUT2D eigenvalue weighted by Crippen LogP contribution is -2.14. The van der Waals surface area contributed by atoms with Crippen molar-refractivity contribution in [2.24, 2.45) is 0 Å². The molecule has 1 unspecified atom stereocenters. The molecule has 1 N–H and O–H groups in total. The third kappa shape index (κ3) is 1.98. The van der Waals surface area contributed by atoms with Crippen LogP contribution in [0, 0.1) is 0 Å². The highest BCUT2D eigenvalue weighted by atomic mass is 16.3. The van der Waals surface area contributed by atoms with Crippen LogP contribution >= 0.6 is 0 Å². The molecule has 86 valence electrons. The summed E-state index contributed by atoms with van der Waals surface area (Å²) in [6, 6.07) is 8.89. The summed E-state index contributed by atoms with van der Waals surface area (Å²) < 4.78 is 5.85. The first kappa shape index (κ1) is 11.2. The lowest BCUT2D eigenvalue weighted by atomic mass is 10.1. The van der Waals surface area contributed by atoms with Gasteiger partial charge >= 0.3 is 0 Å². The molecule has 0 spiro atoms. The first-order valence-electron chi connectivity index (χ1n) is 5.98. The smallest absolute Gasteiger partial charge is 0.134 e. The minimum absolute atomic E-state index is 0.317. The van der Waals surface area contributed by atoms with Gasteiger partial charge in [0.05, 0.1) is 6.04 Å². The lowest BCUT2D eigenvalue weighted by molar-refractivity contribution is 0.444. The van der Waals surface area contributed by atoms with Gasteiger partial charge < -0.3 is 9.73 Å². The molecule has 0 aliphatic carbocycles. The zero-order chi connectivity index (χ0) is 11.5. The Balaban J connectivity index is 2.43. The molecule has 1 atom stereocenters. The predicted octanol–water partition coefficient (Wildman–Crippen LogP) is 3.67. The van der Waals surface area contributed by atoms with Crippen molar-refractivity contribution >= 4 is 11.0 Å². The normalized spacial score (nSPS) is 13.2. The molecule has 1 aromatic heterocycles. The molecule has 2 heteroatoms. The highest BCUT2D eigenvalue weighted by Gasteiger charge is 2.12. The van der Waals surface area contributed by atoms with E-state index >= 15 is 0 Å². The molecular weight excluding hydrogens is 198 g/mol. The van der Waals surface area contributed by atoms with E-state index in [4.69, 9.17) is 4.42 Å². The maximum atomic E-state index is 5.85. The number of nitrogens with one attached hydrogen (secondary N) is 1. The van der Waals surface area contributed by atoms with Gasteiger partial charge in [-0.1, -0.05) is 19.9 Å². The Bertz CT molecular complexity index is 469. The van der Waals surface area contributed by atoms with Crippen LogP contribution in [0.25, 0.3) is 11.0 Å². The Labute approximate surface area is 96.6 Å². The minimum atomic E-state index is 0.317. The van der Waals surface area contributed by atoms with Crippen LogP contribution in [0.4, 0.5) is 0 Å². The quantitative estimate of drug-likeness (QED) is 0.845. The highest BCUT2D eigenvalue weighted by molar-refractivity contribution is 5.78. The zero-order valence-corrected chi connectivity index (χ0v) is 10.2. The van der Waals surface area contributed by atoms with E-state index in [0.29, 0.717) is 6.04 Å². The fourth-order valence-corrected chi connectivity index (χ4v) is 2.05.